The lowest BCUT2D eigenvalue weighted by atomic mass is 9.81. The summed E-state index contributed by atoms with van der Waals surface area (Å²) >= 11 is 0. The summed E-state index contributed by atoms with van der Waals surface area (Å²) < 4.78 is 42.0. The molecule has 0 aliphatic heterocycles. The Kier molecular flexibility index (Phi) is 7.83. The highest BCUT2D eigenvalue weighted by molar-refractivity contribution is 5.97. The van der Waals surface area contributed by atoms with Gasteiger partial charge in [0.2, 0.25) is 5.91 Å². The lowest BCUT2D eigenvalue weighted by Crippen LogP contribution is -2.44. The maximum atomic E-state index is 13.5. The summed E-state index contributed by atoms with van der Waals surface area (Å²) in [5.74, 6) is -3.45. The standard InChI is InChI=1S/C27H31F3N4O3/c1-15(31-25(37)23(35)16-11-19(29)13-20(30)12-16)24(36)32-22-14-21(33-34(22)26(2,3)4)27(5,6)17-7-9-18(28)10-8-17/h7-15,23,35H,1-6H3,(H,31,37)(H,32,36). The maximum Gasteiger partial charge on any atom is 0.254 e. The van der Waals surface area contributed by atoms with Gasteiger partial charge in [0.1, 0.15) is 29.3 Å². The van der Waals surface area contributed by atoms with Gasteiger partial charge in [0, 0.05) is 17.5 Å². The first kappa shape index (κ1) is 27.9. The summed E-state index contributed by atoms with van der Waals surface area (Å²) in [6.07, 6.45) is -1.87. The fourth-order valence-electron chi connectivity index (χ4n) is 3.78. The molecule has 0 saturated heterocycles. The van der Waals surface area contributed by atoms with E-state index in [2.05, 4.69) is 10.6 Å². The molecule has 2 unspecified atom stereocenters. The minimum absolute atomic E-state index is 0.277. The van der Waals surface area contributed by atoms with Gasteiger partial charge in [-0.25, -0.2) is 17.9 Å². The van der Waals surface area contributed by atoms with Crippen molar-refractivity contribution in [2.75, 3.05) is 5.32 Å². The molecular formula is C27H31F3N4O3. The molecule has 0 bridgehead atoms. The number of amides is 2. The largest absolute Gasteiger partial charge is 0.378 e. The Morgan fingerprint density at radius 2 is 1.46 bits per heavy atom. The van der Waals surface area contributed by atoms with E-state index in [1.54, 1.807) is 22.9 Å². The molecule has 2 atom stereocenters. The van der Waals surface area contributed by atoms with Gasteiger partial charge >= 0.3 is 0 Å². The second kappa shape index (κ2) is 10.4. The van der Waals surface area contributed by atoms with Gasteiger partial charge in [0.25, 0.3) is 5.91 Å². The van der Waals surface area contributed by atoms with Crippen LogP contribution in [-0.4, -0.2) is 32.7 Å². The van der Waals surface area contributed by atoms with Gasteiger partial charge in [-0.15, -0.1) is 0 Å². The molecule has 1 aromatic heterocycles. The van der Waals surface area contributed by atoms with Crippen molar-refractivity contribution >= 4 is 17.6 Å². The van der Waals surface area contributed by atoms with E-state index in [-0.39, 0.29) is 11.4 Å². The van der Waals surface area contributed by atoms with E-state index in [9.17, 15) is 27.9 Å². The minimum Gasteiger partial charge on any atom is -0.378 e. The van der Waals surface area contributed by atoms with Gasteiger partial charge in [-0.2, -0.15) is 5.10 Å². The first-order valence-corrected chi connectivity index (χ1v) is 11.7. The van der Waals surface area contributed by atoms with Crippen LogP contribution < -0.4 is 10.6 Å². The molecule has 0 aliphatic rings. The normalized spacial score (nSPS) is 13.7. The van der Waals surface area contributed by atoms with E-state index in [1.165, 1.54) is 19.1 Å². The van der Waals surface area contributed by atoms with Crippen molar-refractivity contribution in [3.63, 3.8) is 0 Å². The first-order chi connectivity index (χ1) is 17.1. The fraction of sp³-hybridized carbons (Fsp3) is 0.370. The number of hydrogen-bond acceptors (Lipinski definition) is 4. The SMILES string of the molecule is CC(NC(=O)C(O)c1cc(F)cc(F)c1)C(=O)Nc1cc(C(C)(C)c2ccc(F)cc2)nn1C(C)(C)C. The van der Waals surface area contributed by atoms with Crippen LogP contribution in [0.3, 0.4) is 0 Å². The highest BCUT2D eigenvalue weighted by Crippen LogP contribution is 2.34. The van der Waals surface area contributed by atoms with Crippen LogP contribution in [0.5, 0.6) is 0 Å². The number of anilines is 1. The van der Waals surface area contributed by atoms with Crippen molar-refractivity contribution in [3.8, 4) is 0 Å². The first-order valence-electron chi connectivity index (χ1n) is 11.7. The van der Waals surface area contributed by atoms with Crippen molar-refractivity contribution < 1.29 is 27.9 Å². The molecule has 2 amide bonds. The number of aromatic nitrogens is 2. The maximum absolute atomic E-state index is 13.5. The van der Waals surface area contributed by atoms with E-state index in [1.807, 2.05) is 34.6 Å². The summed E-state index contributed by atoms with van der Waals surface area (Å²) in [7, 11) is 0. The minimum atomic E-state index is -1.87. The number of aliphatic hydroxyl groups excluding tert-OH is 1. The molecule has 0 saturated carbocycles. The monoisotopic (exact) mass is 516 g/mol. The second-order valence-electron chi connectivity index (χ2n) is 10.5. The van der Waals surface area contributed by atoms with Gasteiger partial charge in [-0.05, 0) is 63.1 Å². The third-order valence-corrected chi connectivity index (χ3v) is 6.00. The van der Waals surface area contributed by atoms with Gasteiger partial charge in [-0.1, -0.05) is 26.0 Å². The summed E-state index contributed by atoms with van der Waals surface area (Å²) in [5, 5.41) is 20.0. The molecular weight excluding hydrogens is 485 g/mol. The average molecular weight is 517 g/mol. The zero-order valence-electron chi connectivity index (χ0n) is 21.6. The smallest absolute Gasteiger partial charge is 0.254 e. The number of nitrogens with one attached hydrogen (secondary N) is 2. The zero-order chi connectivity index (χ0) is 27.7. The van der Waals surface area contributed by atoms with Crippen LogP contribution in [0, 0.1) is 17.5 Å². The van der Waals surface area contributed by atoms with E-state index < -0.39 is 46.5 Å². The van der Waals surface area contributed by atoms with Crippen molar-refractivity contribution in [1.82, 2.24) is 15.1 Å². The van der Waals surface area contributed by atoms with Crippen molar-refractivity contribution in [3.05, 3.63) is 82.8 Å². The van der Waals surface area contributed by atoms with Crippen LogP contribution in [0.4, 0.5) is 19.0 Å². The number of carbonyl (C=O) groups excluding carboxylic acids is 2. The number of aliphatic hydroxyl groups is 1. The lowest BCUT2D eigenvalue weighted by Gasteiger charge is -2.25. The van der Waals surface area contributed by atoms with Crippen LogP contribution in [-0.2, 0) is 20.5 Å². The average Bonchev–Trinajstić information content (AvgIpc) is 3.23. The van der Waals surface area contributed by atoms with Crippen LogP contribution in [0.2, 0.25) is 0 Å². The highest BCUT2D eigenvalue weighted by atomic mass is 19.1. The molecule has 3 N–H and O–H groups in total. The molecule has 2 aromatic carbocycles. The molecule has 0 spiro atoms. The summed E-state index contributed by atoms with van der Waals surface area (Å²) in [5.41, 5.74) is 0.0389. The summed E-state index contributed by atoms with van der Waals surface area (Å²) in [6, 6.07) is 9.01. The summed E-state index contributed by atoms with van der Waals surface area (Å²) in [4.78, 5) is 25.4. The number of nitrogens with zero attached hydrogens (tertiary/aromatic N) is 2. The highest BCUT2D eigenvalue weighted by Gasteiger charge is 2.31. The Bertz CT molecular complexity index is 1280. The molecule has 1 heterocycles. The van der Waals surface area contributed by atoms with E-state index in [0.717, 1.165) is 17.7 Å². The Morgan fingerprint density at radius 3 is 2.00 bits per heavy atom. The molecule has 37 heavy (non-hydrogen) atoms. The van der Waals surface area contributed by atoms with Crippen LogP contribution in [0.25, 0.3) is 0 Å². The topological polar surface area (TPSA) is 96.2 Å². The van der Waals surface area contributed by atoms with E-state index >= 15 is 0 Å². The number of rotatable bonds is 7. The Balaban J connectivity index is 1.80. The molecule has 3 rings (SSSR count). The Hall–Kier alpha value is -3.66. The third kappa shape index (κ3) is 6.37. The molecule has 0 fully saturated rings. The predicted octanol–water partition coefficient (Wildman–Crippen LogP) is 4.56. The number of halogens is 3. The Labute approximate surface area is 213 Å². The van der Waals surface area contributed by atoms with Crippen LogP contribution >= 0.6 is 0 Å². The molecule has 0 radical (unpaired) electrons. The Morgan fingerprint density at radius 1 is 0.892 bits per heavy atom. The number of benzene rings is 2. The molecule has 7 nitrogen and oxygen atoms in total. The van der Waals surface area contributed by atoms with Crippen molar-refractivity contribution in [2.24, 2.45) is 0 Å². The van der Waals surface area contributed by atoms with Gasteiger partial charge in [-0.3, -0.25) is 9.59 Å². The van der Waals surface area contributed by atoms with Crippen LogP contribution in [0.1, 0.15) is 64.5 Å². The van der Waals surface area contributed by atoms with Gasteiger partial charge in [0.05, 0.1) is 11.2 Å². The molecule has 3 aromatic rings. The number of hydrogen-bond donors (Lipinski definition) is 3. The van der Waals surface area contributed by atoms with Crippen molar-refractivity contribution in [2.45, 2.75) is 64.6 Å². The lowest BCUT2D eigenvalue weighted by molar-refractivity contribution is -0.132. The van der Waals surface area contributed by atoms with E-state index in [4.69, 9.17) is 5.10 Å². The third-order valence-electron chi connectivity index (χ3n) is 6.00. The van der Waals surface area contributed by atoms with Crippen molar-refractivity contribution in [1.29, 1.82) is 0 Å². The second-order valence-corrected chi connectivity index (χ2v) is 10.5. The zero-order valence-corrected chi connectivity index (χ0v) is 21.6. The van der Waals surface area contributed by atoms with Crippen LogP contribution in [0.15, 0.2) is 48.5 Å². The number of carbonyl (C=O) groups is 2. The fourth-order valence-corrected chi connectivity index (χ4v) is 3.78. The predicted molar refractivity (Wildman–Crippen MR) is 133 cm³/mol. The quantitative estimate of drug-likeness (QED) is 0.429. The molecule has 10 heteroatoms. The van der Waals surface area contributed by atoms with Gasteiger partial charge in [0.15, 0.2) is 6.10 Å². The summed E-state index contributed by atoms with van der Waals surface area (Å²) in [6.45, 7) is 11.0. The molecule has 0 aliphatic carbocycles. The van der Waals surface area contributed by atoms with Gasteiger partial charge < -0.3 is 15.7 Å². The molecule has 198 valence electrons. The van der Waals surface area contributed by atoms with E-state index in [0.29, 0.717) is 17.6 Å².